The number of carbonyl (C=O) groups excluding carboxylic acids is 7. The van der Waals surface area contributed by atoms with Gasteiger partial charge in [-0.1, -0.05) is 97.1 Å². The third-order valence-electron chi connectivity index (χ3n) is 11.6. The smallest absolute Gasteiger partial charge is 0.315 e. The molecular weight excluding hydrogens is 779 g/mol. The molecule has 4 rings (SSSR count). The van der Waals surface area contributed by atoms with E-state index in [1.54, 1.807) is 65.2 Å². The Kier molecular flexibility index (Phi) is 15.7. The van der Waals surface area contributed by atoms with Crippen molar-refractivity contribution < 1.29 is 42.0 Å². The fourth-order valence-corrected chi connectivity index (χ4v) is 9.46. The van der Waals surface area contributed by atoms with Crippen molar-refractivity contribution in [3.05, 3.63) is 35.9 Å². The lowest BCUT2D eigenvalue weighted by Crippen LogP contribution is -2.63. The average molecular weight is 844 g/mol. The summed E-state index contributed by atoms with van der Waals surface area (Å²) in [5, 5.41) is 13.5. The lowest BCUT2D eigenvalue weighted by molar-refractivity contribution is -0.144. The molecule has 0 spiro atoms. The maximum atomic E-state index is 14.5. The molecule has 3 fully saturated rings. The van der Waals surface area contributed by atoms with Crippen molar-refractivity contribution in [1.82, 2.24) is 36.4 Å². The first-order valence-corrected chi connectivity index (χ1v) is 22.8. The molecule has 2 aliphatic carbocycles. The van der Waals surface area contributed by atoms with Gasteiger partial charge in [-0.05, 0) is 54.4 Å². The summed E-state index contributed by atoms with van der Waals surface area (Å²) >= 11 is 0. The number of likely N-dealkylation sites (N-methyl/N-ethyl adjacent to an activating group) is 1. The molecule has 5 N–H and O–H groups in total. The Morgan fingerprint density at radius 3 is 2.08 bits per heavy atom. The van der Waals surface area contributed by atoms with Gasteiger partial charge in [0.2, 0.25) is 29.4 Å². The number of hydrogen-bond acceptors (Lipinski definition) is 9. The Hall–Kier alpha value is -4.54. The molecule has 7 amide bonds. The molecule has 3 aliphatic rings. The highest BCUT2D eigenvalue weighted by Gasteiger charge is 2.47. The minimum Gasteiger partial charge on any atom is -0.347 e. The predicted octanol–water partition coefficient (Wildman–Crippen LogP) is 2.24. The van der Waals surface area contributed by atoms with E-state index in [9.17, 15) is 42.0 Å². The van der Waals surface area contributed by atoms with E-state index in [0.29, 0.717) is 24.8 Å². The van der Waals surface area contributed by atoms with Gasteiger partial charge in [-0.15, -0.1) is 0 Å². The highest BCUT2D eigenvalue weighted by atomic mass is 32.2. The van der Waals surface area contributed by atoms with Crippen molar-refractivity contribution in [2.45, 2.75) is 122 Å². The second kappa shape index (κ2) is 19.7. The van der Waals surface area contributed by atoms with E-state index in [2.05, 4.69) is 26.6 Å². The standard InChI is InChI=1S/C42H65N7O9S/c1-26(2)29-22-31(49(24-29)39(55)35(41(3,4)5)46-40(56)47-42(25-59(8,57)58)19-13-10-14-20-42)36(52)44-30(21-27-17-18-27)34(51)37(53)43-23-32(50)45-33(38(54)48(6)7)28-15-11-9-12-16-28/h9,11-12,15-16,26-27,29-31,33,35H,10,13-14,17-25H2,1-8H3,(H,43,53)(H,44,52)(H,45,50)(H2,46,47,56)/t29?,30?,31-,33-,35+/m0/s1. The molecule has 1 heterocycles. The zero-order valence-electron chi connectivity index (χ0n) is 35.9. The highest BCUT2D eigenvalue weighted by molar-refractivity contribution is 7.90. The Bertz CT molecular complexity index is 1820. The van der Waals surface area contributed by atoms with Crippen LogP contribution in [0.5, 0.6) is 0 Å². The molecule has 1 aromatic carbocycles. The highest BCUT2D eigenvalue weighted by Crippen LogP contribution is 2.35. The summed E-state index contributed by atoms with van der Waals surface area (Å²) in [6, 6.07) is 3.60. The van der Waals surface area contributed by atoms with E-state index in [0.717, 1.165) is 38.4 Å². The first-order chi connectivity index (χ1) is 27.5. The van der Waals surface area contributed by atoms with Crippen molar-refractivity contribution in [2.24, 2.45) is 23.2 Å². The molecule has 0 radical (unpaired) electrons. The van der Waals surface area contributed by atoms with Crippen LogP contribution in [0.1, 0.15) is 104 Å². The molecule has 1 saturated heterocycles. The summed E-state index contributed by atoms with van der Waals surface area (Å²) in [6.45, 7) is 8.98. The summed E-state index contributed by atoms with van der Waals surface area (Å²) < 4.78 is 24.8. The molecule has 1 aromatic rings. The van der Waals surface area contributed by atoms with Gasteiger partial charge in [0.15, 0.2) is 0 Å². The largest absolute Gasteiger partial charge is 0.347 e. The molecule has 16 nitrogen and oxygen atoms in total. The van der Waals surface area contributed by atoms with E-state index in [1.165, 1.54) is 9.80 Å². The number of nitrogens with zero attached hydrogens (tertiary/aromatic N) is 2. The van der Waals surface area contributed by atoms with Gasteiger partial charge in [-0.25, -0.2) is 13.2 Å². The second-order valence-electron chi connectivity index (χ2n) is 18.5. The van der Waals surface area contributed by atoms with Crippen LogP contribution in [0, 0.1) is 23.2 Å². The van der Waals surface area contributed by atoms with E-state index >= 15 is 0 Å². The number of urea groups is 1. The fraction of sp³-hybridized carbons (Fsp3) is 0.690. The third kappa shape index (κ3) is 13.5. The number of benzene rings is 1. The van der Waals surface area contributed by atoms with Crippen LogP contribution in [0.2, 0.25) is 0 Å². The summed E-state index contributed by atoms with van der Waals surface area (Å²) in [7, 11) is -0.329. The van der Waals surface area contributed by atoms with Crippen LogP contribution in [0.4, 0.5) is 4.79 Å². The van der Waals surface area contributed by atoms with Crippen molar-refractivity contribution in [2.75, 3.05) is 39.2 Å². The van der Waals surface area contributed by atoms with Crippen LogP contribution in [-0.2, 0) is 38.6 Å². The van der Waals surface area contributed by atoms with Crippen LogP contribution >= 0.6 is 0 Å². The van der Waals surface area contributed by atoms with Crippen molar-refractivity contribution in [3.8, 4) is 0 Å². The Balaban J connectivity index is 1.47. The minimum atomic E-state index is -3.44. The summed E-state index contributed by atoms with van der Waals surface area (Å²) in [4.78, 5) is 97.9. The lowest BCUT2D eigenvalue weighted by atomic mass is 9.83. The monoisotopic (exact) mass is 843 g/mol. The number of Topliss-reactive ketones (excluding diaryl/α,β-unsaturated/α-hetero) is 1. The van der Waals surface area contributed by atoms with Gasteiger partial charge in [0.1, 0.15) is 28.0 Å². The molecule has 5 atom stereocenters. The van der Waals surface area contributed by atoms with Crippen LogP contribution < -0.4 is 26.6 Å². The van der Waals surface area contributed by atoms with E-state index in [4.69, 9.17) is 0 Å². The van der Waals surface area contributed by atoms with Gasteiger partial charge in [0.05, 0.1) is 23.9 Å². The molecule has 17 heteroatoms. The van der Waals surface area contributed by atoms with Gasteiger partial charge in [0.25, 0.3) is 5.91 Å². The van der Waals surface area contributed by atoms with Gasteiger partial charge in [-0.2, -0.15) is 0 Å². The predicted molar refractivity (Wildman–Crippen MR) is 222 cm³/mol. The van der Waals surface area contributed by atoms with Crippen LogP contribution in [0.3, 0.4) is 0 Å². The minimum absolute atomic E-state index is 0.0807. The molecule has 2 unspecified atom stereocenters. The molecule has 0 bridgehead atoms. The summed E-state index contributed by atoms with van der Waals surface area (Å²) in [5.41, 5.74) is -1.24. The average Bonchev–Trinajstić information content (AvgIpc) is 3.86. The molecule has 2 saturated carbocycles. The maximum absolute atomic E-state index is 14.5. The molecular formula is C42H65N7O9S. The van der Waals surface area contributed by atoms with Crippen LogP contribution in [0.15, 0.2) is 30.3 Å². The lowest BCUT2D eigenvalue weighted by Gasteiger charge is -2.40. The van der Waals surface area contributed by atoms with E-state index in [-0.39, 0.29) is 42.4 Å². The number of sulfone groups is 1. The number of carbonyl (C=O) groups is 7. The molecule has 0 aromatic heterocycles. The van der Waals surface area contributed by atoms with Gasteiger partial charge in [-0.3, -0.25) is 28.8 Å². The zero-order chi connectivity index (χ0) is 43.9. The van der Waals surface area contributed by atoms with Crippen molar-refractivity contribution in [1.29, 1.82) is 0 Å². The SMILES string of the molecule is CC(C)C1C[C@@H](C(=O)NC(CC2CC2)C(=O)C(=O)NCC(=O)N[C@H](C(=O)N(C)C)c2ccccc2)N(C(=O)[C@@H](NC(=O)NC2(CS(C)(=O)=O)CCCCC2)C(C)(C)C)C1. The van der Waals surface area contributed by atoms with Crippen LogP contribution in [0.25, 0.3) is 0 Å². The number of rotatable bonds is 17. The maximum Gasteiger partial charge on any atom is 0.315 e. The number of nitrogens with one attached hydrogen (secondary N) is 5. The first kappa shape index (κ1) is 47.1. The number of hydrogen-bond donors (Lipinski definition) is 5. The summed E-state index contributed by atoms with van der Waals surface area (Å²) in [6.07, 6.45) is 6.70. The normalized spacial score (nSPS) is 20.7. The Morgan fingerprint density at radius 2 is 1.54 bits per heavy atom. The quantitative estimate of drug-likeness (QED) is 0.145. The number of likely N-dealkylation sites (tertiary alicyclic amines) is 1. The van der Waals surface area contributed by atoms with Crippen molar-refractivity contribution >= 4 is 51.2 Å². The van der Waals surface area contributed by atoms with Crippen LogP contribution in [-0.4, -0.2) is 122 Å². The third-order valence-corrected chi connectivity index (χ3v) is 12.7. The topological polar surface area (TPSA) is 220 Å². The number of ketones is 1. The van der Waals surface area contributed by atoms with Crippen molar-refractivity contribution in [3.63, 3.8) is 0 Å². The van der Waals surface area contributed by atoms with E-state index < -0.39 is 86.9 Å². The first-order valence-electron chi connectivity index (χ1n) is 20.7. The van der Waals surface area contributed by atoms with Gasteiger partial charge < -0.3 is 36.4 Å². The zero-order valence-corrected chi connectivity index (χ0v) is 36.7. The van der Waals surface area contributed by atoms with Gasteiger partial charge in [0, 0.05) is 26.9 Å². The Labute approximate surface area is 349 Å². The molecule has 59 heavy (non-hydrogen) atoms. The Morgan fingerprint density at radius 1 is 0.915 bits per heavy atom. The van der Waals surface area contributed by atoms with Gasteiger partial charge >= 0.3 is 6.03 Å². The fourth-order valence-electron chi connectivity index (χ4n) is 8.10. The number of amides is 7. The van der Waals surface area contributed by atoms with E-state index in [1.807, 2.05) is 13.8 Å². The summed E-state index contributed by atoms with van der Waals surface area (Å²) in [5.74, 6) is -4.29. The second-order valence-corrected chi connectivity index (χ2v) is 20.6. The molecule has 328 valence electrons. The molecule has 1 aliphatic heterocycles.